The van der Waals surface area contributed by atoms with Crippen LogP contribution in [-0.2, 0) is 0 Å². The molecule has 0 fully saturated rings. The second-order valence-corrected chi connectivity index (χ2v) is 5.70. The molecule has 0 aliphatic heterocycles. The highest BCUT2D eigenvalue weighted by Crippen LogP contribution is 2.29. The highest BCUT2D eigenvalue weighted by molar-refractivity contribution is 7.15. The lowest BCUT2D eigenvalue weighted by Crippen LogP contribution is -2.15. The fourth-order valence-electron chi connectivity index (χ4n) is 2.37. The first-order valence-corrected chi connectivity index (χ1v) is 7.60. The molecule has 5 nitrogen and oxygen atoms in total. The van der Waals surface area contributed by atoms with Crippen molar-refractivity contribution in [1.82, 2.24) is 14.6 Å². The van der Waals surface area contributed by atoms with Gasteiger partial charge < -0.3 is 4.42 Å². The average molecular weight is 309 g/mol. The van der Waals surface area contributed by atoms with E-state index in [1.807, 2.05) is 48.7 Å². The number of rotatable bonds is 2. The molecule has 3 heterocycles. The summed E-state index contributed by atoms with van der Waals surface area (Å²) in [7, 11) is 0. The summed E-state index contributed by atoms with van der Waals surface area (Å²) in [6.07, 6.45) is 1.61. The van der Waals surface area contributed by atoms with Crippen LogP contribution >= 0.6 is 11.3 Å². The van der Waals surface area contributed by atoms with Gasteiger partial charge in [-0.2, -0.15) is 10.1 Å². The largest absolute Gasteiger partial charge is 0.464 e. The number of thiazole rings is 1. The van der Waals surface area contributed by atoms with Crippen LogP contribution in [0.25, 0.3) is 27.5 Å². The lowest BCUT2D eigenvalue weighted by atomic mass is 10.0. The Balaban J connectivity index is 2.02. The summed E-state index contributed by atoms with van der Waals surface area (Å²) in [5.74, 6) is 0.698. The molecule has 0 amide bonds. The zero-order valence-electron chi connectivity index (χ0n) is 11.7. The molecule has 0 radical (unpaired) electrons. The minimum Gasteiger partial charge on any atom is -0.464 e. The lowest BCUT2D eigenvalue weighted by molar-refractivity contribution is 0.582. The van der Waals surface area contributed by atoms with Crippen molar-refractivity contribution in [3.63, 3.8) is 0 Å². The smallest absolute Gasteiger partial charge is 0.300 e. The quantitative estimate of drug-likeness (QED) is 0.569. The molecule has 0 saturated heterocycles. The van der Waals surface area contributed by atoms with E-state index in [0.717, 1.165) is 16.8 Å². The summed E-state index contributed by atoms with van der Waals surface area (Å²) in [6, 6.07) is 11.2. The van der Waals surface area contributed by atoms with Crippen molar-refractivity contribution in [1.29, 1.82) is 0 Å². The number of hydrogen-bond acceptors (Lipinski definition) is 5. The van der Waals surface area contributed by atoms with E-state index < -0.39 is 0 Å². The summed E-state index contributed by atoms with van der Waals surface area (Å²) in [5, 5.41) is 6.41. The number of nitrogens with zero attached hydrogens (tertiary/aromatic N) is 3. The zero-order valence-corrected chi connectivity index (χ0v) is 12.5. The standard InChI is InChI=1S/C16H11N3O2S/c1-10-9-22-16-17-15(20)14(18-19(10)16)12-6-3-2-5-11(12)13-7-4-8-21-13/h2-9H,1H3. The molecule has 1 aromatic carbocycles. The van der Waals surface area contributed by atoms with E-state index in [1.165, 1.54) is 11.3 Å². The molecule has 3 aromatic heterocycles. The second kappa shape index (κ2) is 4.92. The van der Waals surface area contributed by atoms with E-state index in [-0.39, 0.29) is 5.56 Å². The highest BCUT2D eigenvalue weighted by Gasteiger charge is 2.16. The molecule has 0 atom stereocenters. The van der Waals surface area contributed by atoms with E-state index in [9.17, 15) is 4.79 Å². The Kier molecular flexibility index (Phi) is 2.90. The number of benzene rings is 1. The molecule has 0 bridgehead atoms. The van der Waals surface area contributed by atoms with Crippen molar-refractivity contribution in [3.05, 3.63) is 64.1 Å². The van der Waals surface area contributed by atoms with Crippen LogP contribution < -0.4 is 5.56 Å². The third-order valence-electron chi connectivity index (χ3n) is 3.42. The van der Waals surface area contributed by atoms with Gasteiger partial charge in [0.1, 0.15) is 5.76 Å². The van der Waals surface area contributed by atoms with Gasteiger partial charge in [-0.15, -0.1) is 11.3 Å². The van der Waals surface area contributed by atoms with Crippen molar-refractivity contribution in [3.8, 4) is 22.6 Å². The van der Waals surface area contributed by atoms with Gasteiger partial charge in [-0.25, -0.2) is 4.52 Å². The molecule has 0 saturated carbocycles. The van der Waals surface area contributed by atoms with Gasteiger partial charge in [-0.1, -0.05) is 24.3 Å². The van der Waals surface area contributed by atoms with Crippen molar-refractivity contribution in [2.45, 2.75) is 6.92 Å². The van der Waals surface area contributed by atoms with E-state index in [1.54, 1.807) is 10.8 Å². The van der Waals surface area contributed by atoms with Crippen LogP contribution in [0.5, 0.6) is 0 Å². The molecule has 0 aliphatic rings. The zero-order chi connectivity index (χ0) is 15.1. The second-order valence-electron chi connectivity index (χ2n) is 4.86. The van der Waals surface area contributed by atoms with E-state index >= 15 is 0 Å². The fourth-order valence-corrected chi connectivity index (χ4v) is 3.17. The highest BCUT2D eigenvalue weighted by atomic mass is 32.1. The van der Waals surface area contributed by atoms with Gasteiger partial charge in [0.05, 0.1) is 12.0 Å². The summed E-state index contributed by atoms with van der Waals surface area (Å²) in [4.78, 5) is 17.1. The van der Waals surface area contributed by atoms with Gasteiger partial charge >= 0.3 is 5.56 Å². The molecule has 0 N–H and O–H groups in total. The molecule has 0 unspecified atom stereocenters. The molecule has 4 rings (SSSR count). The van der Waals surface area contributed by atoms with Crippen molar-refractivity contribution in [2.24, 2.45) is 0 Å². The minimum absolute atomic E-state index is 0.325. The van der Waals surface area contributed by atoms with Crippen LogP contribution in [0.3, 0.4) is 0 Å². The Labute approximate surface area is 129 Å². The molecule has 0 aliphatic carbocycles. The predicted molar refractivity (Wildman–Crippen MR) is 85.0 cm³/mol. The van der Waals surface area contributed by atoms with E-state index in [0.29, 0.717) is 16.4 Å². The van der Waals surface area contributed by atoms with Crippen LogP contribution in [0, 0.1) is 6.92 Å². The van der Waals surface area contributed by atoms with E-state index in [2.05, 4.69) is 10.1 Å². The first-order chi connectivity index (χ1) is 10.7. The third-order valence-corrected chi connectivity index (χ3v) is 4.35. The summed E-state index contributed by atoms with van der Waals surface area (Å²) >= 11 is 1.40. The van der Waals surface area contributed by atoms with Crippen molar-refractivity contribution < 1.29 is 4.42 Å². The number of hydrogen-bond donors (Lipinski definition) is 0. The van der Waals surface area contributed by atoms with Crippen molar-refractivity contribution >= 4 is 16.3 Å². The molecular weight excluding hydrogens is 298 g/mol. The maximum atomic E-state index is 12.4. The topological polar surface area (TPSA) is 60.4 Å². The SMILES string of the molecule is Cc1csc2nc(=O)c(-c3ccccc3-c3ccco3)nn12. The van der Waals surface area contributed by atoms with Crippen LogP contribution in [0.1, 0.15) is 5.69 Å². The van der Waals surface area contributed by atoms with Crippen molar-refractivity contribution in [2.75, 3.05) is 0 Å². The normalized spacial score (nSPS) is 11.1. The maximum Gasteiger partial charge on any atom is 0.300 e. The number of fused-ring (bicyclic) bond motifs is 1. The maximum absolute atomic E-state index is 12.4. The Bertz CT molecular complexity index is 1020. The summed E-state index contributed by atoms with van der Waals surface area (Å²) in [5.41, 5.74) is 2.48. The van der Waals surface area contributed by atoms with Gasteiger partial charge in [0.25, 0.3) is 0 Å². The minimum atomic E-state index is -0.333. The molecule has 108 valence electrons. The molecule has 22 heavy (non-hydrogen) atoms. The Morgan fingerprint density at radius 3 is 2.73 bits per heavy atom. The van der Waals surface area contributed by atoms with Crippen LogP contribution in [0.15, 0.2) is 57.3 Å². The van der Waals surface area contributed by atoms with Crippen LogP contribution in [-0.4, -0.2) is 14.6 Å². The number of furan rings is 1. The van der Waals surface area contributed by atoms with Gasteiger partial charge in [0.2, 0.25) is 4.96 Å². The van der Waals surface area contributed by atoms with Crippen LogP contribution in [0.4, 0.5) is 0 Å². The van der Waals surface area contributed by atoms with E-state index in [4.69, 9.17) is 4.42 Å². The van der Waals surface area contributed by atoms with Crippen LogP contribution in [0.2, 0.25) is 0 Å². The monoisotopic (exact) mass is 309 g/mol. The molecule has 4 aromatic rings. The lowest BCUT2D eigenvalue weighted by Gasteiger charge is -2.06. The number of aryl methyl sites for hydroxylation is 1. The Morgan fingerprint density at radius 2 is 1.95 bits per heavy atom. The first-order valence-electron chi connectivity index (χ1n) is 6.72. The molecule has 0 spiro atoms. The average Bonchev–Trinajstić information content (AvgIpc) is 3.17. The predicted octanol–water partition coefficient (Wildman–Crippen LogP) is 3.39. The summed E-state index contributed by atoms with van der Waals surface area (Å²) in [6.45, 7) is 1.94. The molecule has 6 heteroatoms. The molecular formula is C16H11N3O2S. The van der Waals surface area contributed by atoms with Gasteiger partial charge in [-0.05, 0) is 19.1 Å². The fraction of sp³-hybridized carbons (Fsp3) is 0.0625. The first kappa shape index (κ1) is 13.0. The van der Waals surface area contributed by atoms with Gasteiger partial charge in [0, 0.05) is 16.5 Å². The number of aromatic nitrogens is 3. The Morgan fingerprint density at radius 1 is 1.14 bits per heavy atom. The van der Waals surface area contributed by atoms with Gasteiger partial charge in [-0.3, -0.25) is 4.79 Å². The third kappa shape index (κ3) is 1.96. The summed E-state index contributed by atoms with van der Waals surface area (Å²) < 4.78 is 7.16. The van der Waals surface area contributed by atoms with Gasteiger partial charge in [0.15, 0.2) is 5.69 Å². The Hall–Kier alpha value is -2.73.